The van der Waals surface area contributed by atoms with Crippen LogP contribution in [0.4, 0.5) is 10.5 Å². The number of fused-ring (bicyclic) bond motifs is 3. The standard InChI is InChI=1S/C25H24N2O4/c1-15-5-4-8-20-21(18-6-2-3-7-19(18)23(15)20)14-31-25(30)27-22(24(28)29)13-16-9-11-17(26)12-10-16/h2-12,21-22H,13-14,26H2,1H3,(H,27,30)(H,28,29). The van der Waals surface area contributed by atoms with E-state index in [9.17, 15) is 14.7 Å². The van der Waals surface area contributed by atoms with Crippen LogP contribution in [-0.4, -0.2) is 29.8 Å². The van der Waals surface area contributed by atoms with Crippen LogP contribution in [0.25, 0.3) is 11.1 Å². The zero-order valence-corrected chi connectivity index (χ0v) is 17.2. The molecule has 0 saturated carbocycles. The summed E-state index contributed by atoms with van der Waals surface area (Å²) in [5.41, 5.74) is 12.7. The highest BCUT2D eigenvalue weighted by molar-refractivity contribution is 5.82. The van der Waals surface area contributed by atoms with E-state index >= 15 is 0 Å². The van der Waals surface area contributed by atoms with Crippen molar-refractivity contribution in [3.05, 3.63) is 89.0 Å². The Hall–Kier alpha value is -3.80. The number of rotatable bonds is 6. The number of hydrogen-bond acceptors (Lipinski definition) is 4. The number of ether oxygens (including phenoxy) is 1. The fraction of sp³-hybridized carbons (Fsp3) is 0.200. The Labute approximate surface area is 180 Å². The van der Waals surface area contributed by atoms with Gasteiger partial charge in [0.05, 0.1) is 0 Å². The maximum absolute atomic E-state index is 12.4. The topological polar surface area (TPSA) is 102 Å². The normalized spacial score (nSPS) is 14.9. The molecule has 2 atom stereocenters. The Morgan fingerprint density at radius 2 is 1.74 bits per heavy atom. The van der Waals surface area contributed by atoms with Gasteiger partial charge in [0, 0.05) is 18.0 Å². The summed E-state index contributed by atoms with van der Waals surface area (Å²) in [5, 5.41) is 12.0. The van der Waals surface area contributed by atoms with Gasteiger partial charge in [-0.25, -0.2) is 9.59 Å². The van der Waals surface area contributed by atoms with Gasteiger partial charge in [0.25, 0.3) is 0 Å². The smallest absolute Gasteiger partial charge is 0.407 e. The predicted molar refractivity (Wildman–Crippen MR) is 119 cm³/mol. The Kier molecular flexibility index (Phi) is 5.62. The molecule has 4 rings (SSSR count). The summed E-state index contributed by atoms with van der Waals surface area (Å²) in [6, 6.07) is 20.0. The molecule has 1 amide bonds. The molecule has 6 heteroatoms. The van der Waals surface area contributed by atoms with Crippen LogP contribution in [-0.2, 0) is 16.0 Å². The molecule has 0 radical (unpaired) electrons. The van der Waals surface area contributed by atoms with E-state index in [1.54, 1.807) is 24.3 Å². The largest absolute Gasteiger partial charge is 0.480 e. The van der Waals surface area contributed by atoms with Crippen molar-refractivity contribution in [2.75, 3.05) is 12.3 Å². The molecule has 6 nitrogen and oxygen atoms in total. The minimum absolute atomic E-state index is 0.0859. The van der Waals surface area contributed by atoms with Crippen LogP contribution in [0.1, 0.15) is 28.2 Å². The zero-order chi connectivity index (χ0) is 22.0. The first-order valence-corrected chi connectivity index (χ1v) is 10.1. The van der Waals surface area contributed by atoms with Gasteiger partial charge in [-0.3, -0.25) is 0 Å². The summed E-state index contributed by atoms with van der Waals surface area (Å²) in [5.74, 6) is -1.21. The van der Waals surface area contributed by atoms with Crippen LogP contribution in [0.2, 0.25) is 0 Å². The molecule has 1 aliphatic rings. The molecular formula is C25H24N2O4. The summed E-state index contributed by atoms with van der Waals surface area (Å²) < 4.78 is 5.48. The third-order valence-corrected chi connectivity index (χ3v) is 5.68. The minimum Gasteiger partial charge on any atom is -0.480 e. The van der Waals surface area contributed by atoms with E-state index in [4.69, 9.17) is 10.5 Å². The summed E-state index contributed by atoms with van der Waals surface area (Å²) in [6.45, 7) is 2.20. The minimum atomic E-state index is -1.12. The molecule has 0 aromatic heterocycles. The number of anilines is 1. The van der Waals surface area contributed by atoms with E-state index in [1.807, 2.05) is 24.3 Å². The quantitative estimate of drug-likeness (QED) is 0.525. The average molecular weight is 416 g/mol. The van der Waals surface area contributed by atoms with Crippen LogP contribution >= 0.6 is 0 Å². The molecule has 2 unspecified atom stereocenters. The van der Waals surface area contributed by atoms with Gasteiger partial charge in [-0.2, -0.15) is 0 Å². The number of hydrogen-bond donors (Lipinski definition) is 3. The van der Waals surface area contributed by atoms with E-state index in [1.165, 1.54) is 11.1 Å². The number of amides is 1. The zero-order valence-electron chi connectivity index (χ0n) is 17.2. The van der Waals surface area contributed by atoms with Crippen molar-refractivity contribution in [3.63, 3.8) is 0 Å². The van der Waals surface area contributed by atoms with Crippen molar-refractivity contribution in [2.45, 2.75) is 25.3 Å². The van der Waals surface area contributed by atoms with Gasteiger partial charge in [0.2, 0.25) is 0 Å². The molecule has 0 heterocycles. The molecule has 0 saturated heterocycles. The maximum Gasteiger partial charge on any atom is 0.407 e. The number of carboxylic acids is 1. The number of alkyl carbamates (subject to hydrolysis) is 1. The Balaban J connectivity index is 1.45. The summed E-state index contributed by atoms with van der Waals surface area (Å²) in [7, 11) is 0. The second kappa shape index (κ2) is 8.52. The van der Waals surface area contributed by atoms with Crippen LogP contribution in [0.3, 0.4) is 0 Å². The third-order valence-electron chi connectivity index (χ3n) is 5.68. The highest BCUT2D eigenvalue weighted by Gasteiger charge is 2.31. The molecule has 0 aliphatic heterocycles. The Morgan fingerprint density at radius 1 is 1.03 bits per heavy atom. The summed E-state index contributed by atoms with van der Waals surface area (Å²) >= 11 is 0. The highest BCUT2D eigenvalue weighted by Crippen LogP contribution is 2.46. The van der Waals surface area contributed by atoms with Gasteiger partial charge in [-0.1, -0.05) is 54.6 Å². The fourth-order valence-electron chi connectivity index (χ4n) is 4.16. The monoisotopic (exact) mass is 416 g/mol. The first-order chi connectivity index (χ1) is 14.9. The molecule has 3 aromatic carbocycles. The van der Waals surface area contributed by atoms with E-state index in [2.05, 4.69) is 30.4 Å². The number of carbonyl (C=O) groups excluding carboxylic acids is 1. The third kappa shape index (κ3) is 4.23. The Morgan fingerprint density at radius 3 is 2.48 bits per heavy atom. The first-order valence-electron chi connectivity index (χ1n) is 10.1. The van der Waals surface area contributed by atoms with Crippen molar-refractivity contribution in [3.8, 4) is 11.1 Å². The molecule has 0 spiro atoms. The lowest BCUT2D eigenvalue weighted by atomic mass is 9.97. The van der Waals surface area contributed by atoms with Crippen molar-refractivity contribution >= 4 is 17.7 Å². The van der Waals surface area contributed by atoms with Crippen LogP contribution in [0, 0.1) is 6.92 Å². The molecular weight excluding hydrogens is 392 g/mol. The van der Waals surface area contributed by atoms with Gasteiger partial charge >= 0.3 is 12.1 Å². The number of nitrogen functional groups attached to an aromatic ring is 1. The predicted octanol–water partition coefficient (Wildman–Crippen LogP) is 4.11. The van der Waals surface area contributed by atoms with Crippen molar-refractivity contribution in [2.24, 2.45) is 0 Å². The number of benzene rings is 3. The second-order valence-corrected chi connectivity index (χ2v) is 7.76. The molecule has 158 valence electrons. The first kappa shape index (κ1) is 20.5. The van der Waals surface area contributed by atoms with Gasteiger partial charge in [-0.15, -0.1) is 0 Å². The highest BCUT2D eigenvalue weighted by atomic mass is 16.5. The fourth-order valence-corrected chi connectivity index (χ4v) is 4.16. The molecule has 1 aliphatic carbocycles. The van der Waals surface area contributed by atoms with E-state index in [-0.39, 0.29) is 18.9 Å². The van der Waals surface area contributed by atoms with Crippen molar-refractivity contribution in [1.82, 2.24) is 5.32 Å². The summed E-state index contributed by atoms with van der Waals surface area (Å²) in [4.78, 5) is 24.1. The molecule has 0 fully saturated rings. The van der Waals surface area contributed by atoms with E-state index in [0.717, 1.165) is 22.3 Å². The number of nitrogens with one attached hydrogen (secondary N) is 1. The summed E-state index contributed by atoms with van der Waals surface area (Å²) in [6.07, 6.45) is -0.611. The van der Waals surface area contributed by atoms with Gasteiger partial charge in [0.1, 0.15) is 12.6 Å². The number of nitrogens with two attached hydrogens (primary N) is 1. The van der Waals surface area contributed by atoms with Crippen LogP contribution in [0.15, 0.2) is 66.7 Å². The lowest BCUT2D eigenvalue weighted by Crippen LogP contribution is -2.42. The average Bonchev–Trinajstić information content (AvgIpc) is 3.08. The van der Waals surface area contributed by atoms with E-state index in [0.29, 0.717) is 5.69 Å². The number of aliphatic carboxylic acids is 1. The van der Waals surface area contributed by atoms with Crippen molar-refractivity contribution < 1.29 is 19.4 Å². The molecule has 31 heavy (non-hydrogen) atoms. The molecule has 0 bridgehead atoms. The van der Waals surface area contributed by atoms with Crippen molar-refractivity contribution in [1.29, 1.82) is 0 Å². The lowest BCUT2D eigenvalue weighted by molar-refractivity contribution is -0.139. The van der Waals surface area contributed by atoms with Gasteiger partial charge in [0.15, 0.2) is 0 Å². The molecule has 4 N–H and O–H groups in total. The van der Waals surface area contributed by atoms with Gasteiger partial charge < -0.3 is 20.9 Å². The lowest BCUT2D eigenvalue weighted by Gasteiger charge is -2.17. The van der Waals surface area contributed by atoms with Gasteiger partial charge in [-0.05, 0) is 52.4 Å². The van der Waals surface area contributed by atoms with E-state index < -0.39 is 18.1 Å². The SMILES string of the molecule is Cc1cccc2c1-c1ccccc1C2COC(=O)NC(Cc1ccc(N)cc1)C(=O)O. The van der Waals surface area contributed by atoms with Crippen LogP contribution < -0.4 is 11.1 Å². The molecule has 3 aromatic rings. The number of carbonyl (C=O) groups is 2. The number of aryl methyl sites for hydroxylation is 1. The number of carboxylic acid groups (broad SMARTS) is 1. The maximum atomic E-state index is 12.4. The van der Waals surface area contributed by atoms with Crippen LogP contribution in [0.5, 0.6) is 0 Å². The second-order valence-electron chi connectivity index (χ2n) is 7.76. The Bertz CT molecular complexity index is 1120.